The van der Waals surface area contributed by atoms with Gasteiger partial charge in [-0.2, -0.15) is 0 Å². The maximum Gasteiger partial charge on any atom is 0.409 e. The van der Waals surface area contributed by atoms with E-state index >= 15 is 0 Å². The highest BCUT2D eigenvalue weighted by atomic mass is 32.2. The SMILES string of the molecule is CC1(C)SC(c2ccccc2)N(C(=O)O)C1C(=O)O. The number of hydrogen-bond donors (Lipinski definition) is 2. The lowest BCUT2D eigenvalue weighted by Gasteiger charge is -2.27. The molecule has 1 aromatic rings. The summed E-state index contributed by atoms with van der Waals surface area (Å²) < 4.78 is -0.676. The van der Waals surface area contributed by atoms with Crippen LogP contribution in [0.4, 0.5) is 4.79 Å². The number of carboxylic acids is 1. The standard InChI is InChI=1S/C13H15NO4S/c1-13(2)9(11(15)16)14(12(17)18)10(19-13)8-6-4-3-5-7-8/h3-7,9-10H,1-2H3,(H,15,16)(H,17,18). The van der Waals surface area contributed by atoms with Crippen molar-refractivity contribution in [2.75, 3.05) is 0 Å². The summed E-state index contributed by atoms with van der Waals surface area (Å²) >= 11 is 1.36. The molecule has 0 spiro atoms. The van der Waals surface area contributed by atoms with Gasteiger partial charge in [-0.15, -0.1) is 11.8 Å². The molecule has 6 heteroatoms. The number of aliphatic carboxylic acids is 1. The fourth-order valence-electron chi connectivity index (χ4n) is 2.35. The summed E-state index contributed by atoms with van der Waals surface area (Å²) in [4.78, 5) is 23.9. The van der Waals surface area contributed by atoms with E-state index in [0.717, 1.165) is 10.5 Å². The molecule has 0 bridgehead atoms. The Morgan fingerprint density at radius 1 is 1.21 bits per heavy atom. The molecule has 1 saturated heterocycles. The zero-order chi connectivity index (χ0) is 14.2. The third-order valence-electron chi connectivity index (χ3n) is 3.14. The van der Waals surface area contributed by atoms with Crippen molar-refractivity contribution < 1.29 is 19.8 Å². The van der Waals surface area contributed by atoms with Crippen molar-refractivity contribution >= 4 is 23.8 Å². The fraction of sp³-hybridized carbons (Fsp3) is 0.385. The summed E-state index contributed by atoms with van der Waals surface area (Å²) in [6, 6.07) is 8.05. The number of nitrogens with zero attached hydrogens (tertiary/aromatic N) is 1. The zero-order valence-corrected chi connectivity index (χ0v) is 11.4. The smallest absolute Gasteiger partial charge is 0.409 e. The van der Waals surface area contributed by atoms with Gasteiger partial charge in [0.1, 0.15) is 11.4 Å². The summed E-state index contributed by atoms with van der Waals surface area (Å²) in [5.74, 6) is -1.11. The van der Waals surface area contributed by atoms with Gasteiger partial charge in [0.2, 0.25) is 0 Å². The predicted molar refractivity (Wildman–Crippen MR) is 72.1 cm³/mol. The minimum atomic E-state index is -1.21. The number of carbonyl (C=O) groups is 2. The minimum Gasteiger partial charge on any atom is -0.480 e. The molecule has 1 aliphatic heterocycles. The van der Waals surface area contributed by atoms with E-state index in [1.54, 1.807) is 13.8 Å². The molecule has 5 nitrogen and oxygen atoms in total. The van der Waals surface area contributed by atoms with Gasteiger partial charge in [-0.1, -0.05) is 30.3 Å². The van der Waals surface area contributed by atoms with Crippen LogP contribution in [0.15, 0.2) is 30.3 Å². The predicted octanol–water partition coefficient (Wildman–Crippen LogP) is 2.64. The first kappa shape index (κ1) is 13.7. The molecule has 1 fully saturated rings. The molecular formula is C13H15NO4S. The van der Waals surface area contributed by atoms with Crippen LogP contribution < -0.4 is 0 Å². The Labute approximate surface area is 115 Å². The van der Waals surface area contributed by atoms with E-state index in [1.165, 1.54) is 11.8 Å². The molecule has 0 aliphatic carbocycles. The molecule has 0 aromatic heterocycles. The molecule has 1 aromatic carbocycles. The Kier molecular flexibility index (Phi) is 3.45. The molecule has 2 rings (SSSR count). The van der Waals surface area contributed by atoms with Gasteiger partial charge in [0.25, 0.3) is 0 Å². The molecule has 2 N–H and O–H groups in total. The molecule has 1 heterocycles. The van der Waals surface area contributed by atoms with Gasteiger partial charge in [0, 0.05) is 4.75 Å². The van der Waals surface area contributed by atoms with E-state index in [0.29, 0.717) is 0 Å². The second-order valence-corrected chi connectivity index (χ2v) is 6.65. The number of rotatable bonds is 2. The van der Waals surface area contributed by atoms with Crippen molar-refractivity contribution in [1.82, 2.24) is 4.90 Å². The van der Waals surface area contributed by atoms with Crippen molar-refractivity contribution in [2.45, 2.75) is 30.0 Å². The largest absolute Gasteiger partial charge is 0.480 e. The van der Waals surface area contributed by atoms with E-state index in [-0.39, 0.29) is 0 Å². The lowest BCUT2D eigenvalue weighted by molar-refractivity contribution is -0.143. The van der Waals surface area contributed by atoms with E-state index in [4.69, 9.17) is 0 Å². The Hall–Kier alpha value is -1.69. The lowest BCUT2D eigenvalue weighted by atomic mass is 10.0. The highest BCUT2D eigenvalue weighted by Gasteiger charge is 2.53. The van der Waals surface area contributed by atoms with Gasteiger partial charge >= 0.3 is 12.1 Å². The van der Waals surface area contributed by atoms with Crippen molar-refractivity contribution in [2.24, 2.45) is 0 Å². The van der Waals surface area contributed by atoms with Crippen LogP contribution >= 0.6 is 11.8 Å². The maximum atomic E-state index is 11.4. The van der Waals surface area contributed by atoms with Crippen LogP contribution in [0.2, 0.25) is 0 Å². The number of thioether (sulfide) groups is 1. The number of hydrogen-bond acceptors (Lipinski definition) is 3. The Bertz CT molecular complexity index is 503. The molecule has 2 atom stereocenters. The van der Waals surface area contributed by atoms with E-state index in [1.807, 2.05) is 30.3 Å². The van der Waals surface area contributed by atoms with E-state index in [2.05, 4.69) is 0 Å². The van der Waals surface area contributed by atoms with Gasteiger partial charge < -0.3 is 10.2 Å². The van der Waals surface area contributed by atoms with Crippen LogP contribution in [0.5, 0.6) is 0 Å². The first-order valence-electron chi connectivity index (χ1n) is 5.81. The molecule has 0 radical (unpaired) electrons. The van der Waals surface area contributed by atoms with Crippen molar-refractivity contribution in [1.29, 1.82) is 0 Å². The van der Waals surface area contributed by atoms with Crippen molar-refractivity contribution in [3.05, 3.63) is 35.9 Å². The second-order valence-electron chi connectivity index (χ2n) is 4.91. The first-order valence-corrected chi connectivity index (χ1v) is 6.69. The summed E-state index contributed by atoms with van der Waals surface area (Å²) in [5.41, 5.74) is 0.798. The summed E-state index contributed by atoms with van der Waals surface area (Å²) in [6.45, 7) is 3.52. The molecule has 1 aliphatic rings. The Balaban J connectivity index is 2.45. The minimum absolute atomic E-state index is 0.491. The Morgan fingerprint density at radius 2 is 1.79 bits per heavy atom. The van der Waals surface area contributed by atoms with Crippen LogP contribution in [0, 0.1) is 0 Å². The molecule has 19 heavy (non-hydrogen) atoms. The highest BCUT2D eigenvalue weighted by molar-refractivity contribution is 8.01. The summed E-state index contributed by atoms with van der Waals surface area (Å²) in [5, 5.41) is 18.2. The lowest BCUT2D eigenvalue weighted by Crippen LogP contribution is -2.48. The van der Waals surface area contributed by atoms with Gasteiger partial charge in [-0.05, 0) is 19.4 Å². The van der Waals surface area contributed by atoms with Crippen LogP contribution in [0.1, 0.15) is 24.8 Å². The average molecular weight is 281 g/mol. The van der Waals surface area contributed by atoms with Crippen LogP contribution in [0.25, 0.3) is 0 Å². The number of amides is 1. The van der Waals surface area contributed by atoms with Crippen LogP contribution in [-0.2, 0) is 4.79 Å². The summed E-state index contributed by atoms with van der Waals surface area (Å²) in [7, 11) is 0. The zero-order valence-electron chi connectivity index (χ0n) is 10.6. The third kappa shape index (κ3) is 2.40. The quantitative estimate of drug-likeness (QED) is 0.871. The Morgan fingerprint density at radius 3 is 2.26 bits per heavy atom. The van der Waals surface area contributed by atoms with Crippen LogP contribution in [-0.4, -0.2) is 38.0 Å². The van der Waals surface area contributed by atoms with Crippen LogP contribution in [0.3, 0.4) is 0 Å². The molecule has 1 amide bonds. The normalized spacial score (nSPS) is 25.3. The van der Waals surface area contributed by atoms with Gasteiger partial charge in [0.15, 0.2) is 0 Å². The highest BCUT2D eigenvalue weighted by Crippen LogP contribution is 2.52. The van der Waals surface area contributed by atoms with E-state index in [9.17, 15) is 19.8 Å². The fourth-order valence-corrected chi connectivity index (χ4v) is 3.89. The van der Waals surface area contributed by atoms with Crippen molar-refractivity contribution in [3.63, 3.8) is 0 Å². The van der Waals surface area contributed by atoms with Crippen molar-refractivity contribution in [3.8, 4) is 0 Å². The average Bonchev–Trinajstić information content (AvgIpc) is 2.62. The van der Waals surface area contributed by atoms with Gasteiger partial charge in [-0.3, -0.25) is 4.90 Å². The van der Waals surface area contributed by atoms with E-state index < -0.39 is 28.2 Å². The molecule has 2 unspecified atom stereocenters. The van der Waals surface area contributed by atoms with Gasteiger partial charge in [0.05, 0.1) is 0 Å². The second kappa shape index (κ2) is 4.77. The van der Waals surface area contributed by atoms with Gasteiger partial charge in [-0.25, -0.2) is 9.59 Å². The number of benzene rings is 1. The molecule has 0 saturated carbocycles. The summed E-state index contributed by atoms with van der Waals surface area (Å²) in [6.07, 6.45) is -1.21. The topological polar surface area (TPSA) is 77.8 Å². The monoisotopic (exact) mass is 281 g/mol. The molecular weight excluding hydrogens is 266 g/mol. The third-order valence-corrected chi connectivity index (χ3v) is 4.70. The number of carboxylic acid groups (broad SMARTS) is 2. The molecule has 102 valence electrons. The first-order chi connectivity index (χ1) is 8.84. The maximum absolute atomic E-state index is 11.4.